The quantitative estimate of drug-likeness (QED) is 0.303. The number of hydrogen-bond acceptors (Lipinski definition) is 7. The molecular formula is C16H24BN3O4S. The highest BCUT2D eigenvalue weighted by atomic mass is 32.2. The molecule has 1 aliphatic rings. The number of carbonyl (C=O) groups is 1. The molecule has 0 aromatic heterocycles. The van der Waals surface area contributed by atoms with Crippen LogP contribution in [0.15, 0.2) is 29.8 Å². The maximum Gasteiger partial charge on any atom is 0.494 e. The first-order valence-corrected chi connectivity index (χ1v) is 8.71. The van der Waals surface area contributed by atoms with Crippen LogP contribution in [0.1, 0.15) is 38.1 Å². The normalized spacial score (nSPS) is 18.5. The molecule has 0 aliphatic carbocycles. The fraction of sp³-hybridized carbons (Fsp3) is 0.438. The molecule has 136 valence electrons. The van der Waals surface area contributed by atoms with Gasteiger partial charge in [-0.1, -0.05) is 6.07 Å². The second kappa shape index (κ2) is 7.69. The Hall–Kier alpha value is -1.68. The summed E-state index contributed by atoms with van der Waals surface area (Å²) >= 11 is 1.14. The number of nitrogens with two attached hydrogens (primary N) is 1. The van der Waals surface area contributed by atoms with Crippen molar-refractivity contribution in [3.05, 3.63) is 35.4 Å². The Labute approximate surface area is 152 Å². The van der Waals surface area contributed by atoms with Crippen LogP contribution >= 0.6 is 11.9 Å². The zero-order chi connectivity index (χ0) is 18.7. The highest BCUT2D eigenvalue weighted by molar-refractivity contribution is 8.00. The molecule has 0 atom stereocenters. The van der Waals surface area contributed by atoms with Gasteiger partial charge in [0.15, 0.2) is 0 Å². The van der Waals surface area contributed by atoms with Crippen molar-refractivity contribution in [2.24, 2.45) is 5.73 Å². The molecule has 1 amide bonds. The molecule has 1 saturated heterocycles. The number of rotatable bonds is 6. The topological polar surface area (TPSA) is 94.8 Å². The summed E-state index contributed by atoms with van der Waals surface area (Å²) in [5.41, 5.74) is 8.09. The molecule has 9 heteroatoms. The lowest BCUT2D eigenvalue weighted by Crippen LogP contribution is -2.41. The molecule has 1 heterocycles. The van der Waals surface area contributed by atoms with Crippen molar-refractivity contribution in [1.29, 1.82) is 0 Å². The van der Waals surface area contributed by atoms with Crippen molar-refractivity contribution in [2.45, 2.75) is 38.9 Å². The van der Waals surface area contributed by atoms with Crippen molar-refractivity contribution < 1.29 is 18.8 Å². The first-order valence-electron chi connectivity index (χ1n) is 7.83. The van der Waals surface area contributed by atoms with Crippen LogP contribution in [0.5, 0.6) is 5.75 Å². The summed E-state index contributed by atoms with van der Waals surface area (Å²) in [6.45, 7) is 7.96. The van der Waals surface area contributed by atoms with Crippen molar-refractivity contribution in [3.8, 4) is 5.75 Å². The first-order chi connectivity index (χ1) is 11.7. The van der Waals surface area contributed by atoms with Crippen molar-refractivity contribution >= 4 is 30.4 Å². The van der Waals surface area contributed by atoms with Gasteiger partial charge in [-0.25, -0.2) is 0 Å². The van der Waals surface area contributed by atoms with Gasteiger partial charge in [0.25, 0.3) is 5.91 Å². The third kappa shape index (κ3) is 4.30. The lowest BCUT2D eigenvalue weighted by molar-refractivity contribution is 0.00578. The summed E-state index contributed by atoms with van der Waals surface area (Å²) in [7, 11) is 0.999. The summed E-state index contributed by atoms with van der Waals surface area (Å²) in [5.74, 6) is 0.112. The van der Waals surface area contributed by atoms with Crippen LogP contribution in [0, 0.1) is 0 Å². The van der Waals surface area contributed by atoms with E-state index in [0.29, 0.717) is 11.3 Å². The molecule has 0 unspecified atom stereocenters. The van der Waals surface area contributed by atoms with E-state index in [9.17, 15) is 4.79 Å². The molecular weight excluding hydrogens is 341 g/mol. The molecule has 1 aromatic carbocycles. The Bertz CT molecular complexity index is 651. The number of ether oxygens (including phenoxy) is 1. The minimum Gasteiger partial charge on any atom is -0.496 e. The van der Waals surface area contributed by atoms with E-state index in [4.69, 9.17) is 19.8 Å². The number of benzene rings is 1. The van der Waals surface area contributed by atoms with Gasteiger partial charge in [-0.3, -0.25) is 10.2 Å². The fourth-order valence-electron chi connectivity index (χ4n) is 2.24. The molecule has 0 spiro atoms. The van der Waals surface area contributed by atoms with Gasteiger partial charge in [-0.05, 0) is 57.2 Å². The van der Waals surface area contributed by atoms with Crippen LogP contribution in [0.2, 0.25) is 0 Å². The van der Waals surface area contributed by atoms with Crippen LogP contribution in [0.25, 0.3) is 0 Å². The average molecular weight is 365 g/mol. The third-order valence-electron chi connectivity index (χ3n) is 4.37. The van der Waals surface area contributed by atoms with E-state index in [1.54, 1.807) is 23.6 Å². The van der Waals surface area contributed by atoms with Gasteiger partial charge in [-0.2, -0.15) is 4.83 Å². The van der Waals surface area contributed by atoms with Crippen molar-refractivity contribution in [2.75, 3.05) is 7.11 Å². The zero-order valence-electron chi connectivity index (χ0n) is 15.1. The maximum absolute atomic E-state index is 12.2. The van der Waals surface area contributed by atoms with E-state index in [-0.39, 0.29) is 5.91 Å². The van der Waals surface area contributed by atoms with Crippen LogP contribution in [0.3, 0.4) is 0 Å². The molecule has 0 saturated carbocycles. The number of methoxy groups -OCH3 is 1. The second-order valence-corrected chi connectivity index (χ2v) is 7.26. The Morgan fingerprint density at radius 2 is 1.92 bits per heavy atom. The largest absolute Gasteiger partial charge is 0.496 e. The average Bonchev–Trinajstić information content (AvgIpc) is 2.78. The van der Waals surface area contributed by atoms with Crippen LogP contribution < -0.4 is 26.2 Å². The summed E-state index contributed by atoms with van der Waals surface area (Å²) in [5, 5.41) is 1.60. The predicted molar refractivity (Wildman–Crippen MR) is 100 cm³/mol. The summed E-state index contributed by atoms with van der Waals surface area (Å²) in [6.07, 6.45) is 1.36. The van der Waals surface area contributed by atoms with E-state index in [2.05, 4.69) is 10.3 Å². The summed E-state index contributed by atoms with van der Waals surface area (Å²) < 4.78 is 17.4. The maximum atomic E-state index is 12.2. The lowest BCUT2D eigenvalue weighted by atomic mass is 9.78. The van der Waals surface area contributed by atoms with Crippen molar-refractivity contribution in [3.63, 3.8) is 0 Å². The number of carbonyl (C=O) groups excluding carboxylic acids is 1. The fourth-order valence-corrected chi connectivity index (χ4v) is 2.54. The van der Waals surface area contributed by atoms with Crippen LogP contribution in [-0.4, -0.2) is 31.3 Å². The highest BCUT2D eigenvalue weighted by Gasteiger charge is 2.51. The van der Waals surface area contributed by atoms with Gasteiger partial charge in [-0.15, -0.1) is 0 Å². The van der Waals surface area contributed by atoms with E-state index in [0.717, 1.165) is 17.4 Å². The Balaban J connectivity index is 2.16. The highest BCUT2D eigenvalue weighted by Crippen LogP contribution is 2.36. The molecule has 7 nitrogen and oxygen atoms in total. The zero-order valence-corrected chi connectivity index (χ0v) is 15.9. The number of nitrogens with one attached hydrogen (secondary N) is 2. The van der Waals surface area contributed by atoms with Gasteiger partial charge in [0.2, 0.25) is 0 Å². The molecule has 0 radical (unpaired) electrons. The monoisotopic (exact) mass is 365 g/mol. The van der Waals surface area contributed by atoms with Crippen LogP contribution in [0.4, 0.5) is 0 Å². The van der Waals surface area contributed by atoms with Gasteiger partial charge >= 0.3 is 7.12 Å². The third-order valence-corrected chi connectivity index (χ3v) is 4.88. The summed E-state index contributed by atoms with van der Waals surface area (Å²) in [6, 6.07) is 5.23. The molecule has 0 bridgehead atoms. The lowest BCUT2D eigenvalue weighted by Gasteiger charge is -2.32. The van der Waals surface area contributed by atoms with Gasteiger partial charge in [0.05, 0.1) is 23.9 Å². The van der Waals surface area contributed by atoms with Crippen LogP contribution in [-0.2, 0) is 9.31 Å². The minimum atomic E-state index is -0.514. The molecule has 4 N–H and O–H groups in total. The molecule has 1 aliphatic heterocycles. The van der Waals surface area contributed by atoms with E-state index >= 15 is 0 Å². The second-order valence-electron chi connectivity index (χ2n) is 6.55. The smallest absolute Gasteiger partial charge is 0.494 e. The Kier molecular flexibility index (Phi) is 6.05. The standard InChI is InChI=1S/C16H24BN3O4S/c1-15(2)16(3,4)24-17(23-15)11-6-7-12(13(10-11)22-5)14(21)19-20-25-9-8-18/h6-10,20H,18H2,1-5H3,(H,19,21)/b9-8-. The number of amides is 1. The van der Waals surface area contributed by atoms with Crippen molar-refractivity contribution in [1.82, 2.24) is 10.3 Å². The molecule has 2 rings (SSSR count). The molecule has 25 heavy (non-hydrogen) atoms. The van der Waals surface area contributed by atoms with Gasteiger partial charge < -0.3 is 19.8 Å². The Morgan fingerprint density at radius 3 is 2.48 bits per heavy atom. The predicted octanol–water partition coefficient (Wildman–Crippen LogP) is 1.31. The molecule has 1 fully saturated rings. The van der Waals surface area contributed by atoms with E-state index < -0.39 is 18.3 Å². The molecule has 1 aromatic rings. The number of hydrazine groups is 1. The Morgan fingerprint density at radius 1 is 1.28 bits per heavy atom. The van der Waals surface area contributed by atoms with Gasteiger partial charge in [0, 0.05) is 11.6 Å². The first kappa shape index (κ1) is 19.6. The van der Waals surface area contributed by atoms with Gasteiger partial charge in [0.1, 0.15) is 5.75 Å². The summed E-state index contributed by atoms with van der Waals surface area (Å²) in [4.78, 5) is 14.9. The van der Waals surface area contributed by atoms with E-state index in [1.165, 1.54) is 13.3 Å². The van der Waals surface area contributed by atoms with E-state index in [1.807, 2.05) is 27.7 Å². The SMILES string of the molecule is COc1cc(B2OC(C)(C)C(C)(C)O2)ccc1C(=O)NNS/C=C\N. The minimum absolute atomic E-state index is 0.324. The number of hydrogen-bond donors (Lipinski definition) is 3.